The molecule has 3 N–H and O–H groups in total. The van der Waals surface area contributed by atoms with Crippen LogP contribution in [0.2, 0.25) is 0 Å². The molecule has 2 rings (SSSR count). The molecule has 0 spiro atoms. The van der Waals surface area contributed by atoms with E-state index in [0.717, 1.165) is 24.8 Å². The van der Waals surface area contributed by atoms with E-state index in [1.54, 1.807) is 24.3 Å². The van der Waals surface area contributed by atoms with Gasteiger partial charge in [-0.05, 0) is 24.1 Å². The molecule has 0 bridgehead atoms. The molecule has 3 amide bonds. The fraction of sp³-hybridized carbons (Fsp3) is 0.500. The van der Waals surface area contributed by atoms with Crippen molar-refractivity contribution in [2.45, 2.75) is 51.6 Å². The lowest BCUT2D eigenvalue weighted by Gasteiger charge is -2.17. The molecule has 1 fully saturated rings. The number of hydrogen-bond acceptors (Lipinski definition) is 4. The van der Waals surface area contributed by atoms with Crippen LogP contribution in [0.25, 0.3) is 0 Å². The molecule has 1 aliphatic rings. The van der Waals surface area contributed by atoms with Gasteiger partial charge in [0.15, 0.2) is 0 Å². The number of rotatable bonds is 8. The summed E-state index contributed by atoms with van der Waals surface area (Å²) in [6.45, 7) is 2.79. The maximum Gasteiger partial charge on any atom is 0.251 e. The summed E-state index contributed by atoms with van der Waals surface area (Å²) >= 11 is 0. The third-order valence-electron chi connectivity index (χ3n) is 4.24. The summed E-state index contributed by atoms with van der Waals surface area (Å²) in [5, 5.41) is 2.94. The van der Waals surface area contributed by atoms with Crippen molar-refractivity contribution >= 4 is 30.1 Å². The molecular formula is C18H26ClN3O3. The summed E-state index contributed by atoms with van der Waals surface area (Å²) in [4.78, 5) is 36.8. The first-order chi connectivity index (χ1) is 11.5. The minimum absolute atomic E-state index is 0. The Kier molecular flexibility index (Phi) is 8.58. The van der Waals surface area contributed by atoms with Gasteiger partial charge in [0.25, 0.3) is 5.91 Å². The minimum Gasteiger partial charge on any atom is -0.348 e. The number of nitrogens with one attached hydrogen (secondary N) is 1. The smallest absolute Gasteiger partial charge is 0.251 e. The predicted octanol–water partition coefficient (Wildman–Crippen LogP) is 2.00. The van der Waals surface area contributed by atoms with Crippen LogP contribution in [-0.2, 0) is 16.1 Å². The van der Waals surface area contributed by atoms with E-state index in [1.165, 1.54) is 4.90 Å². The molecule has 1 unspecified atom stereocenters. The largest absolute Gasteiger partial charge is 0.348 e. The number of carbonyl (C=O) groups excluding carboxylic acids is 3. The Morgan fingerprint density at radius 1 is 1.20 bits per heavy atom. The summed E-state index contributed by atoms with van der Waals surface area (Å²) in [6.07, 6.45) is 3.54. The number of likely N-dealkylation sites (tertiary alicyclic amines) is 1. The molecule has 1 heterocycles. The van der Waals surface area contributed by atoms with Crippen LogP contribution in [0.4, 0.5) is 0 Å². The summed E-state index contributed by atoms with van der Waals surface area (Å²) in [5.74, 6) is -0.423. The lowest BCUT2D eigenvalue weighted by molar-refractivity contribution is -0.139. The van der Waals surface area contributed by atoms with Crippen molar-refractivity contribution in [3.63, 3.8) is 0 Å². The molecule has 7 heteroatoms. The zero-order valence-electron chi connectivity index (χ0n) is 14.5. The van der Waals surface area contributed by atoms with Crippen LogP contribution in [0.5, 0.6) is 0 Å². The maximum absolute atomic E-state index is 12.3. The lowest BCUT2D eigenvalue weighted by atomic mass is 10.1. The van der Waals surface area contributed by atoms with Crippen LogP contribution < -0.4 is 11.1 Å². The molecule has 6 nitrogen and oxygen atoms in total. The van der Waals surface area contributed by atoms with Gasteiger partial charge in [0.1, 0.15) is 0 Å². The Morgan fingerprint density at radius 2 is 1.80 bits per heavy atom. The molecule has 1 aromatic carbocycles. The van der Waals surface area contributed by atoms with Crippen LogP contribution in [0.1, 0.15) is 54.9 Å². The first kappa shape index (κ1) is 21.1. The van der Waals surface area contributed by atoms with Crippen molar-refractivity contribution in [2.24, 2.45) is 5.73 Å². The topological polar surface area (TPSA) is 92.5 Å². The van der Waals surface area contributed by atoms with E-state index in [2.05, 4.69) is 12.2 Å². The number of nitrogens with zero attached hydrogens (tertiary/aromatic N) is 1. The highest BCUT2D eigenvalue weighted by molar-refractivity contribution is 6.01. The van der Waals surface area contributed by atoms with Gasteiger partial charge >= 0.3 is 0 Å². The molecule has 0 saturated carbocycles. The van der Waals surface area contributed by atoms with E-state index in [1.807, 2.05) is 0 Å². The number of hydrogen-bond donors (Lipinski definition) is 2. The van der Waals surface area contributed by atoms with Crippen LogP contribution >= 0.6 is 12.4 Å². The average molecular weight is 368 g/mol. The second-order valence-corrected chi connectivity index (χ2v) is 6.12. The van der Waals surface area contributed by atoms with Crippen LogP contribution in [0.3, 0.4) is 0 Å². The second-order valence-electron chi connectivity index (χ2n) is 6.12. The maximum atomic E-state index is 12.3. The summed E-state index contributed by atoms with van der Waals surface area (Å²) < 4.78 is 0. The minimum atomic E-state index is -0.151. The molecule has 0 radical (unpaired) electrons. The number of halogens is 1. The van der Waals surface area contributed by atoms with E-state index >= 15 is 0 Å². The number of benzene rings is 1. The van der Waals surface area contributed by atoms with Crippen molar-refractivity contribution in [1.82, 2.24) is 10.2 Å². The Labute approximate surface area is 154 Å². The first-order valence-electron chi connectivity index (χ1n) is 8.48. The van der Waals surface area contributed by atoms with Gasteiger partial charge in [-0.2, -0.15) is 0 Å². The van der Waals surface area contributed by atoms with Gasteiger partial charge in [0.05, 0.1) is 6.54 Å². The highest BCUT2D eigenvalue weighted by Gasteiger charge is 2.28. The molecular weight excluding hydrogens is 342 g/mol. The third-order valence-corrected chi connectivity index (χ3v) is 4.24. The summed E-state index contributed by atoms with van der Waals surface area (Å²) in [5.41, 5.74) is 7.08. The SMILES string of the molecule is CCCCC(CN)NC(=O)c1ccc(CN2C(=O)CCC2=O)cc1.Cl. The van der Waals surface area contributed by atoms with Crippen molar-refractivity contribution < 1.29 is 14.4 Å². The van der Waals surface area contributed by atoms with E-state index in [9.17, 15) is 14.4 Å². The van der Waals surface area contributed by atoms with Crippen LogP contribution in [0, 0.1) is 0 Å². The van der Waals surface area contributed by atoms with Gasteiger partial charge in [-0.3, -0.25) is 19.3 Å². The Bertz CT molecular complexity index is 588. The van der Waals surface area contributed by atoms with Crippen molar-refractivity contribution in [2.75, 3.05) is 6.54 Å². The van der Waals surface area contributed by atoms with E-state index in [0.29, 0.717) is 12.1 Å². The standard InChI is InChI=1S/C18H25N3O3.ClH/c1-2-3-4-15(11-19)20-18(24)14-7-5-13(6-8-14)12-21-16(22)9-10-17(21)23;/h5-8,15H,2-4,9-12,19H2,1H3,(H,20,24);1H. The Morgan fingerprint density at radius 3 is 2.32 bits per heavy atom. The number of nitrogens with two attached hydrogens (primary N) is 1. The monoisotopic (exact) mass is 367 g/mol. The Hall–Kier alpha value is -1.92. The molecule has 1 saturated heterocycles. The molecule has 1 atom stereocenters. The molecule has 0 aliphatic carbocycles. The molecule has 1 aliphatic heterocycles. The number of amides is 3. The fourth-order valence-corrected chi connectivity index (χ4v) is 2.71. The van der Waals surface area contributed by atoms with Crippen LogP contribution in [-0.4, -0.2) is 35.2 Å². The average Bonchev–Trinajstić information content (AvgIpc) is 2.91. The van der Waals surface area contributed by atoms with Gasteiger partial charge in [0.2, 0.25) is 11.8 Å². The quantitative estimate of drug-likeness (QED) is 0.687. The van der Waals surface area contributed by atoms with Gasteiger partial charge in [-0.15, -0.1) is 12.4 Å². The molecule has 25 heavy (non-hydrogen) atoms. The van der Waals surface area contributed by atoms with E-state index in [-0.39, 0.29) is 55.6 Å². The molecule has 1 aromatic rings. The second kappa shape index (κ2) is 10.2. The van der Waals surface area contributed by atoms with Crippen molar-refractivity contribution in [1.29, 1.82) is 0 Å². The number of carbonyl (C=O) groups is 3. The van der Waals surface area contributed by atoms with Crippen LogP contribution in [0.15, 0.2) is 24.3 Å². The van der Waals surface area contributed by atoms with E-state index < -0.39 is 0 Å². The van der Waals surface area contributed by atoms with Gasteiger partial charge < -0.3 is 11.1 Å². The normalized spacial score (nSPS) is 15.0. The third kappa shape index (κ3) is 5.83. The molecule has 138 valence electrons. The zero-order chi connectivity index (χ0) is 17.5. The number of imide groups is 1. The zero-order valence-corrected chi connectivity index (χ0v) is 15.3. The van der Waals surface area contributed by atoms with Gasteiger partial charge in [-0.1, -0.05) is 31.9 Å². The highest BCUT2D eigenvalue weighted by Crippen LogP contribution is 2.16. The highest BCUT2D eigenvalue weighted by atomic mass is 35.5. The Balaban J connectivity index is 0.00000312. The fourth-order valence-electron chi connectivity index (χ4n) is 2.71. The van der Waals surface area contributed by atoms with Crippen molar-refractivity contribution in [3.8, 4) is 0 Å². The van der Waals surface area contributed by atoms with Gasteiger partial charge in [-0.25, -0.2) is 0 Å². The summed E-state index contributed by atoms with van der Waals surface area (Å²) in [7, 11) is 0. The molecule has 0 aromatic heterocycles. The summed E-state index contributed by atoms with van der Waals surface area (Å²) in [6, 6.07) is 6.96. The lowest BCUT2D eigenvalue weighted by Crippen LogP contribution is -2.40. The number of unbranched alkanes of at least 4 members (excludes halogenated alkanes) is 1. The van der Waals surface area contributed by atoms with E-state index in [4.69, 9.17) is 5.73 Å². The van der Waals surface area contributed by atoms with Crippen molar-refractivity contribution in [3.05, 3.63) is 35.4 Å². The first-order valence-corrected chi connectivity index (χ1v) is 8.48. The van der Waals surface area contributed by atoms with Gasteiger partial charge in [0, 0.05) is 31.0 Å². The predicted molar refractivity (Wildman–Crippen MR) is 98.3 cm³/mol.